The minimum atomic E-state index is -0.195. The third-order valence-corrected chi connectivity index (χ3v) is 4.29. The number of carbonyl (C=O) groups excluding carboxylic acids is 1. The van der Waals surface area contributed by atoms with Gasteiger partial charge in [-0.2, -0.15) is 0 Å². The minimum Gasteiger partial charge on any atom is -0.497 e. The number of amides is 1. The molecule has 1 aliphatic heterocycles. The monoisotopic (exact) mass is 316 g/mol. The first-order valence-corrected chi connectivity index (χ1v) is 7.46. The van der Waals surface area contributed by atoms with Crippen molar-refractivity contribution in [2.75, 3.05) is 7.11 Å². The normalized spacial score (nSPS) is 16.0. The van der Waals surface area contributed by atoms with Gasteiger partial charge in [-0.25, -0.2) is 0 Å². The highest BCUT2D eigenvalue weighted by Gasteiger charge is 2.20. The summed E-state index contributed by atoms with van der Waals surface area (Å²) < 4.78 is 5.15. The van der Waals surface area contributed by atoms with E-state index >= 15 is 0 Å². The molecule has 0 unspecified atom stereocenters. The molecule has 0 saturated carbocycles. The average molecular weight is 316 g/mol. The highest BCUT2D eigenvalue weighted by molar-refractivity contribution is 7.80. The second-order valence-electron chi connectivity index (χ2n) is 4.40. The molecule has 1 aromatic heterocycles. The minimum absolute atomic E-state index is 0.195. The molecule has 0 aliphatic carbocycles. The number of hydrogen-bond acceptors (Lipinski definition) is 4. The van der Waals surface area contributed by atoms with E-state index in [0.29, 0.717) is 10.8 Å². The average Bonchev–Trinajstić information content (AvgIpc) is 3.07. The van der Waals surface area contributed by atoms with Gasteiger partial charge in [-0.05, 0) is 60.3 Å². The molecule has 1 fully saturated rings. The van der Waals surface area contributed by atoms with Gasteiger partial charge in [0.2, 0.25) is 0 Å². The Morgan fingerprint density at radius 2 is 1.90 bits per heavy atom. The van der Waals surface area contributed by atoms with Crippen LogP contribution in [0.2, 0.25) is 0 Å². The van der Waals surface area contributed by atoms with Crippen molar-refractivity contribution in [3.8, 4) is 16.2 Å². The highest BCUT2D eigenvalue weighted by Crippen LogP contribution is 2.30. The molecule has 1 saturated heterocycles. The van der Waals surface area contributed by atoms with Gasteiger partial charge in [0, 0.05) is 9.75 Å². The Bertz CT molecular complexity index is 732. The topological polar surface area (TPSA) is 50.4 Å². The van der Waals surface area contributed by atoms with E-state index in [2.05, 4.69) is 10.6 Å². The maximum atomic E-state index is 11.6. The maximum absolute atomic E-state index is 11.6. The Morgan fingerprint density at radius 1 is 1.14 bits per heavy atom. The molecule has 106 valence electrons. The number of rotatable bonds is 3. The van der Waals surface area contributed by atoms with E-state index in [4.69, 9.17) is 17.0 Å². The van der Waals surface area contributed by atoms with Crippen LogP contribution in [-0.2, 0) is 4.79 Å². The van der Waals surface area contributed by atoms with Crippen LogP contribution in [0.4, 0.5) is 0 Å². The number of nitrogens with one attached hydrogen (secondary N) is 2. The van der Waals surface area contributed by atoms with E-state index < -0.39 is 0 Å². The van der Waals surface area contributed by atoms with Gasteiger partial charge < -0.3 is 10.1 Å². The van der Waals surface area contributed by atoms with Crippen LogP contribution in [0.5, 0.6) is 5.75 Å². The number of hydrogen-bond donors (Lipinski definition) is 2. The van der Waals surface area contributed by atoms with Crippen LogP contribution in [0.1, 0.15) is 4.88 Å². The lowest BCUT2D eigenvalue weighted by atomic mass is 10.2. The first-order valence-electron chi connectivity index (χ1n) is 6.24. The summed E-state index contributed by atoms with van der Waals surface area (Å²) in [5.74, 6) is 0.636. The number of benzene rings is 1. The van der Waals surface area contributed by atoms with Crippen LogP contribution < -0.4 is 15.4 Å². The van der Waals surface area contributed by atoms with Crippen molar-refractivity contribution in [1.82, 2.24) is 10.6 Å². The molecule has 0 bridgehead atoms. The number of carbonyl (C=O) groups is 1. The predicted molar refractivity (Wildman–Crippen MR) is 88.2 cm³/mol. The molecule has 2 heterocycles. The number of thiophene rings is 1. The van der Waals surface area contributed by atoms with Crippen molar-refractivity contribution in [3.05, 3.63) is 47.0 Å². The first-order chi connectivity index (χ1) is 10.2. The third kappa shape index (κ3) is 2.96. The van der Waals surface area contributed by atoms with Crippen LogP contribution in [0.15, 0.2) is 42.1 Å². The quantitative estimate of drug-likeness (QED) is 0.675. The fourth-order valence-electron chi connectivity index (χ4n) is 1.97. The van der Waals surface area contributed by atoms with Gasteiger partial charge in [0.05, 0.1) is 7.11 Å². The van der Waals surface area contributed by atoms with Crippen molar-refractivity contribution < 1.29 is 9.53 Å². The fourth-order valence-corrected chi connectivity index (χ4v) is 3.12. The molecule has 0 radical (unpaired) electrons. The second-order valence-corrected chi connectivity index (χ2v) is 5.92. The second kappa shape index (κ2) is 5.67. The maximum Gasteiger partial charge on any atom is 0.273 e. The van der Waals surface area contributed by atoms with Gasteiger partial charge >= 0.3 is 0 Å². The predicted octanol–water partition coefficient (Wildman–Crippen LogP) is 2.77. The Labute approximate surface area is 131 Å². The summed E-state index contributed by atoms with van der Waals surface area (Å²) in [4.78, 5) is 13.7. The standard InChI is InChI=1S/C15H12N2O2S2/c1-19-10-4-2-9(3-5-10)13-7-6-11(21-13)8-12-14(18)17-15(20)16-12/h2-8H,1H3,(H2,16,17,18,20)/b12-8+. The van der Waals surface area contributed by atoms with E-state index in [1.165, 1.54) is 0 Å². The first kappa shape index (κ1) is 13.8. The zero-order valence-corrected chi connectivity index (χ0v) is 12.8. The van der Waals surface area contributed by atoms with Crippen molar-refractivity contribution in [2.24, 2.45) is 0 Å². The van der Waals surface area contributed by atoms with Crippen LogP contribution >= 0.6 is 23.6 Å². The summed E-state index contributed by atoms with van der Waals surface area (Å²) in [6, 6.07) is 11.9. The Balaban J connectivity index is 1.84. The summed E-state index contributed by atoms with van der Waals surface area (Å²) in [5, 5.41) is 5.73. The Morgan fingerprint density at radius 3 is 2.52 bits per heavy atom. The lowest BCUT2D eigenvalue weighted by Gasteiger charge is -2.00. The molecule has 6 heteroatoms. The third-order valence-electron chi connectivity index (χ3n) is 3.01. The molecule has 0 atom stereocenters. The highest BCUT2D eigenvalue weighted by atomic mass is 32.1. The van der Waals surface area contributed by atoms with E-state index in [9.17, 15) is 4.79 Å². The molecule has 3 rings (SSSR count). The van der Waals surface area contributed by atoms with Gasteiger partial charge in [-0.1, -0.05) is 0 Å². The molecule has 21 heavy (non-hydrogen) atoms. The van der Waals surface area contributed by atoms with E-state index in [0.717, 1.165) is 21.1 Å². The number of ether oxygens (including phenoxy) is 1. The van der Waals surface area contributed by atoms with Crippen LogP contribution in [0, 0.1) is 0 Å². The van der Waals surface area contributed by atoms with Crippen molar-refractivity contribution in [1.29, 1.82) is 0 Å². The lowest BCUT2D eigenvalue weighted by molar-refractivity contribution is -0.115. The van der Waals surface area contributed by atoms with Gasteiger partial charge in [0.15, 0.2) is 5.11 Å². The Hall–Kier alpha value is -2.18. The van der Waals surface area contributed by atoms with Crippen molar-refractivity contribution in [3.63, 3.8) is 0 Å². The van der Waals surface area contributed by atoms with Crippen LogP contribution in [0.3, 0.4) is 0 Å². The van der Waals surface area contributed by atoms with Crippen LogP contribution in [-0.4, -0.2) is 18.1 Å². The van der Waals surface area contributed by atoms with Gasteiger partial charge in [-0.3, -0.25) is 10.1 Å². The summed E-state index contributed by atoms with van der Waals surface area (Å²) in [7, 11) is 1.65. The zero-order chi connectivity index (χ0) is 14.8. The smallest absolute Gasteiger partial charge is 0.273 e. The molecular formula is C15H12N2O2S2. The number of thiocarbonyl (C=S) groups is 1. The van der Waals surface area contributed by atoms with E-state index in [1.807, 2.05) is 36.4 Å². The summed E-state index contributed by atoms with van der Waals surface area (Å²) in [6.07, 6.45) is 1.80. The molecule has 1 amide bonds. The molecule has 2 aromatic rings. The van der Waals surface area contributed by atoms with Gasteiger partial charge in [-0.15, -0.1) is 11.3 Å². The zero-order valence-electron chi connectivity index (χ0n) is 11.2. The SMILES string of the molecule is COc1ccc(-c2ccc(/C=C3/NC(=S)NC3=O)s2)cc1. The van der Waals surface area contributed by atoms with Crippen LogP contribution in [0.25, 0.3) is 16.5 Å². The van der Waals surface area contributed by atoms with Crippen molar-refractivity contribution in [2.45, 2.75) is 0 Å². The summed E-state index contributed by atoms with van der Waals surface area (Å²) >= 11 is 6.51. The number of methoxy groups -OCH3 is 1. The molecule has 1 aliphatic rings. The molecular weight excluding hydrogens is 304 g/mol. The largest absolute Gasteiger partial charge is 0.497 e. The molecule has 4 nitrogen and oxygen atoms in total. The Kier molecular flexibility index (Phi) is 3.72. The van der Waals surface area contributed by atoms with Gasteiger partial charge in [0.1, 0.15) is 11.4 Å². The summed E-state index contributed by atoms with van der Waals surface area (Å²) in [6.45, 7) is 0. The van der Waals surface area contributed by atoms with E-state index in [-0.39, 0.29) is 5.91 Å². The van der Waals surface area contributed by atoms with Gasteiger partial charge in [0.25, 0.3) is 5.91 Å². The summed E-state index contributed by atoms with van der Waals surface area (Å²) in [5.41, 5.74) is 1.59. The molecule has 0 spiro atoms. The van der Waals surface area contributed by atoms with E-state index in [1.54, 1.807) is 24.5 Å². The fraction of sp³-hybridized carbons (Fsp3) is 0.0667. The van der Waals surface area contributed by atoms with Crippen molar-refractivity contribution >= 4 is 40.7 Å². The lowest BCUT2D eigenvalue weighted by Crippen LogP contribution is -2.21. The molecule has 2 N–H and O–H groups in total. The molecule has 1 aromatic carbocycles.